The number of aryl methyl sites for hydroxylation is 1. The molecule has 0 heterocycles. The van der Waals surface area contributed by atoms with Crippen molar-refractivity contribution in [3.63, 3.8) is 0 Å². The molecule has 0 saturated heterocycles. The predicted octanol–water partition coefficient (Wildman–Crippen LogP) is 4.93. The Balaban J connectivity index is 2.51. The smallest absolute Gasteiger partial charge is 0.166 e. The van der Waals surface area contributed by atoms with E-state index >= 15 is 0 Å². The number of hydrogen-bond acceptors (Lipinski definition) is 0. The summed E-state index contributed by atoms with van der Waals surface area (Å²) in [6.45, 7) is 1.99. The van der Waals surface area contributed by atoms with Gasteiger partial charge in [0.05, 0.1) is 5.56 Å². The van der Waals surface area contributed by atoms with E-state index in [0.29, 0.717) is 5.56 Å². The van der Waals surface area contributed by atoms with Gasteiger partial charge < -0.3 is 0 Å². The maximum Gasteiger partial charge on any atom is 0.416 e. The molecule has 0 unspecified atom stereocenters. The quantitative estimate of drug-likeness (QED) is 0.708. The molecule has 0 aliphatic rings. The lowest BCUT2D eigenvalue weighted by atomic mass is 9.97. The number of halogens is 3. The van der Waals surface area contributed by atoms with Crippen LogP contribution in [0.25, 0.3) is 11.1 Å². The highest BCUT2D eigenvalue weighted by molar-refractivity contribution is 5.68. The van der Waals surface area contributed by atoms with Crippen LogP contribution >= 0.6 is 0 Å². The third-order valence-electron chi connectivity index (χ3n) is 2.90. The minimum atomic E-state index is -4.29. The maximum atomic E-state index is 12.7. The lowest BCUT2D eigenvalue weighted by Crippen LogP contribution is -2.04. The van der Waals surface area contributed by atoms with Gasteiger partial charge in [-0.3, -0.25) is 0 Å². The Morgan fingerprint density at radius 3 is 2.33 bits per heavy atom. The lowest BCUT2D eigenvalue weighted by molar-refractivity contribution is -0.137. The van der Waals surface area contributed by atoms with E-state index in [1.54, 1.807) is 6.07 Å². The molecule has 0 nitrogen and oxygen atoms in total. The molecule has 0 fully saturated rings. The highest BCUT2D eigenvalue weighted by atomic mass is 19.4. The van der Waals surface area contributed by atoms with E-state index in [1.807, 2.05) is 31.2 Å². The van der Waals surface area contributed by atoms with Crippen LogP contribution in [0.15, 0.2) is 48.5 Å². The number of hydrogen-bond donors (Lipinski definition) is 0. The largest absolute Gasteiger partial charge is 0.416 e. The third kappa shape index (κ3) is 2.55. The zero-order valence-electron chi connectivity index (χ0n) is 9.96. The average molecular weight is 250 g/mol. The Morgan fingerprint density at radius 1 is 0.944 bits per heavy atom. The van der Waals surface area contributed by atoms with Gasteiger partial charge in [0.1, 0.15) is 0 Å². The molecule has 0 spiro atoms. The van der Waals surface area contributed by atoms with Crippen LogP contribution in [-0.2, 0) is 12.6 Å². The van der Waals surface area contributed by atoms with E-state index in [2.05, 4.69) is 0 Å². The molecular weight excluding hydrogens is 237 g/mol. The molecular formula is C15H13F3. The van der Waals surface area contributed by atoms with Gasteiger partial charge in [-0.2, -0.15) is 13.2 Å². The summed E-state index contributed by atoms with van der Waals surface area (Å²) in [6, 6.07) is 13.0. The first-order valence-corrected chi connectivity index (χ1v) is 5.78. The highest BCUT2D eigenvalue weighted by Crippen LogP contribution is 2.33. The van der Waals surface area contributed by atoms with Gasteiger partial charge in [-0.15, -0.1) is 0 Å². The first-order chi connectivity index (χ1) is 8.52. The minimum absolute atomic E-state index is 0.606. The van der Waals surface area contributed by atoms with Crippen molar-refractivity contribution in [1.29, 1.82) is 0 Å². The van der Waals surface area contributed by atoms with Gasteiger partial charge in [-0.25, -0.2) is 0 Å². The summed E-state index contributed by atoms with van der Waals surface area (Å²) < 4.78 is 38.0. The van der Waals surface area contributed by atoms with Gasteiger partial charge >= 0.3 is 6.18 Å². The van der Waals surface area contributed by atoms with Gasteiger partial charge in [0.2, 0.25) is 0 Å². The molecule has 2 aromatic rings. The van der Waals surface area contributed by atoms with Crippen LogP contribution in [0.5, 0.6) is 0 Å². The summed E-state index contributed by atoms with van der Waals surface area (Å²) in [7, 11) is 0. The first kappa shape index (κ1) is 12.7. The average Bonchev–Trinajstić information content (AvgIpc) is 2.38. The summed E-state index contributed by atoms with van der Waals surface area (Å²) in [4.78, 5) is 0. The zero-order chi connectivity index (χ0) is 13.2. The Morgan fingerprint density at radius 2 is 1.67 bits per heavy atom. The molecule has 0 radical (unpaired) electrons. The molecule has 2 aromatic carbocycles. The third-order valence-corrected chi connectivity index (χ3v) is 2.90. The normalized spacial score (nSPS) is 11.6. The fourth-order valence-electron chi connectivity index (χ4n) is 1.97. The first-order valence-electron chi connectivity index (χ1n) is 5.78. The van der Waals surface area contributed by atoms with Crippen LogP contribution < -0.4 is 0 Å². The van der Waals surface area contributed by atoms with Gasteiger partial charge in [-0.05, 0) is 35.2 Å². The summed E-state index contributed by atoms with van der Waals surface area (Å²) in [5, 5.41) is 0. The van der Waals surface area contributed by atoms with Crippen molar-refractivity contribution in [2.45, 2.75) is 19.5 Å². The van der Waals surface area contributed by atoms with Crippen LogP contribution in [0, 0.1) is 0 Å². The monoisotopic (exact) mass is 250 g/mol. The van der Waals surface area contributed by atoms with Crippen LogP contribution in [0.1, 0.15) is 18.1 Å². The van der Waals surface area contributed by atoms with Crippen molar-refractivity contribution in [2.75, 3.05) is 0 Å². The Bertz CT molecular complexity index is 541. The molecule has 0 aromatic heterocycles. The minimum Gasteiger partial charge on any atom is -0.166 e. The number of alkyl halides is 3. The molecule has 0 aliphatic heterocycles. The molecule has 0 bridgehead atoms. The van der Waals surface area contributed by atoms with Gasteiger partial charge in [0.15, 0.2) is 0 Å². The van der Waals surface area contributed by atoms with Crippen LogP contribution in [0.2, 0.25) is 0 Å². The zero-order valence-corrected chi connectivity index (χ0v) is 9.96. The summed E-state index contributed by atoms with van der Waals surface area (Å²) >= 11 is 0. The molecule has 0 saturated carbocycles. The van der Waals surface area contributed by atoms with E-state index < -0.39 is 11.7 Å². The highest BCUT2D eigenvalue weighted by Gasteiger charge is 2.30. The number of rotatable bonds is 2. The molecule has 2 rings (SSSR count). The number of benzene rings is 2. The summed E-state index contributed by atoms with van der Waals surface area (Å²) in [5.74, 6) is 0. The van der Waals surface area contributed by atoms with Gasteiger partial charge in [0, 0.05) is 0 Å². The fourth-order valence-corrected chi connectivity index (χ4v) is 1.97. The molecule has 0 aliphatic carbocycles. The summed E-state index contributed by atoms with van der Waals surface area (Å²) in [5.41, 5.74) is 1.93. The summed E-state index contributed by atoms with van der Waals surface area (Å²) in [6.07, 6.45) is -3.50. The van der Waals surface area contributed by atoms with E-state index in [0.717, 1.165) is 23.6 Å². The van der Waals surface area contributed by atoms with Crippen molar-refractivity contribution in [2.24, 2.45) is 0 Å². The Labute approximate surface area is 104 Å². The van der Waals surface area contributed by atoms with E-state index in [-0.39, 0.29) is 0 Å². The van der Waals surface area contributed by atoms with Crippen molar-refractivity contribution in [3.05, 3.63) is 59.7 Å². The molecule has 0 atom stereocenters. The second kappa shape index (κ2) is 4.84. The molecule has 0 amide bonds. The molecule has 18 heavy (non-hydrogen) atoms. The van der Waals surface area contributed by atoms with E-state index in [9.17, 15) is 13.2 Å². The van der Waals surface area contributed by atoms with Crippen molar-refractivity contribution >= 4 is 0 Å². The van der Waals surface area contributed by atoms with Gasteiger partial charge in [-0.1, -0.05) is 43.3 Å². The Kier molecular flexibility index (Phi) is 3.41. The van der Waals surface area contributed by atoms with Crippen LogP contribution in [-0.4, -0.2) is 0 Å². The lowest BCUT2D eigenvalue weighted by Gasteiger charge is -2.11. The van der Waals surface area contributed by atoms with Crippen LogP contribution in [0.3, 0.4) is 0 Å². The second-order valence-corrected chi connectivity index (χ2v) is 4.09. The standard InChI is InChI=1S/C15H13F3/c1-2-11-6-3-4-9-14(11)12-7-5-8-13(10-12)15(16,17)18/h3-10H,2H2,1H3. The van der Waals surface area contributed by atoms with Crippen molar-refractivity contribution < 1.29 is 13.2 Å². The van der Waals surface area contributed by atoms with E-state index in [4.69, 9.17) is 0 Å². The molecule has 3 heteroatoms. The van der Waals surface area contributed by atoms with Crippen LogP contribution in [0.4, 0.5) is 13.2 Å². The van der Waals surface area contributed by atoms with Crippen molar-refractivity contribution in [1.82, 2.24) is 0 Å². The Hall–Kier alpha value is -1.77. The maximum absolute atomic E-state index is 12.7. The van der Waals surface area contributed by atoms with Crippen molar-refractivity contribution in [3.8, 4) is 11.1 Å². The van der Waals surface area contributed by atoms with E-state index in [1.165, 1.54) is 12.1 Å². The van der Waals surface area contributed by atoms with Gasteiger partial charge in [0.25, 0.3) is 0 Å². The second-order valence-electron chi connectivity index (χ2n) is 4.09. The molecule has 94 valence electrons. The SMILES string of the molecule is CCc1ccccc1-c1cccc(C(F)(F)F)c1. The molecule has 0 N–H and O–H groups in total. The fraction of sp³-hybridized carbons (Fsp3) is 0.200. The predicted molar refractivity (Wildman–Crippen MR) is 66.3 cm³/mol. The topological polar surface area (TPSA) is 0 Å².